The molecule has 0 radical (unpaired) electrons. The van der Waals surface area contributed by atoms with Gasteiger partial charge in [0.05, 0.1) is 11.6 Å². The summed E-state index contributed by atoms with van der Waals surface area (Å²) in [5.41, 5.74) is 2.47. The quantitative estimate of drug-likeness (QED) is 0.921. The second-order valence-electron chi connectivity index (χ2n) is 4.28. The second kappa shape index (κ2) is 6.04. The van der Waals surface area contributed by atoms with Crippen molar-refractivity contribution in [2.45, 2.75) is 20.1 Å². The summed E-state index contributed by atoms with van der Waals surface area (Å²) < 4.78 is 18.6. The minimum absolute atomic E-state index is 0.0585. The Morgan fingerprint density at radius 1 is 1.21 bits per heavy atom. The first-order valence-electron chi connectivity index (χ1n) is 5.87. The van der Waals surface area contributed by atoms with E-state index in [1.165, 1.54) is 12.1 Å². The number of halogens is 2. The van der Waals surface area contributed by atoms with Crippen LogP contribution in [0.15, 0.2) is 36.4 Å². The van der Waals surface area contributed by atoms with Crippen molar-refractivity contribution in [3.05, 3.63) is 63.9 Å². The maximum absolute atomic E-state index is 13.0. The van der Waals surface area contributed by atoms with Crippen LogP contribution >= 0.6 is 11.6 Å². The number of aliphatic hydroxyl groups excluding tert-OH is 1. The van der Waals surface area contributed by atoms with E-state index < -0.39 is 0 Å². The summed E-state index contributed by atoms with van der Waals surface area (Å²) >= 11 is 6.04. The second-order valence-corrected chi connectivity index (χ2v) is 4.69. The van der Waals surface area contributed by atoms with Gasteiger partial charge in [-0.2, -0.15) is 0 Å². The molecule has 0 aromatic heterocycles. The van der Waals surface area contributed by atoms with Crippen LogP contribution in [-0.2, 0) is 13.2 Å². The van der Waals surface area contributed by atoms with Gasteiger partial charge in [-0.15, -0.1) is 0 Å². The zero-order valence-electron chi connectivity index (χ0n) is 10.5. The van der Waals surface area contributed by atoms with E-state index in [0.717, 1.165) is 16.7 Å². The Balaban J connectivity index is 2.10. The highest BCUT2D eigenvalue weighted by Gasteiger charge is 2.05. The minimum Gasteiger partial charge on any atom is -0.487 e. The smallest absolute Gasteiger partial charge is 0.138 e. The monoisotopic (exact) mass is 280 g/mol. The number of hydrogen-bond acceptors (Lipinski definition) is 2. The van der Waals surface area contributed by atoms with Crippen molar-refractivity contribution in [3.8, 4) is 5.75 Å². The Hall–Kier alpha value is -1.58. The highest BCUT2D eigenvalue weighted by molar-refractivity contribution is 6.32. The number of benzene rings is 2. The molecule has 0 unspecified atom stereocenters. The van der Waals surface area contributed by atoms with Gasteiger partial charge in [-0.3, -0.25) is 0 Å². The number of ether oxygens (including phenoxy) is 1. The molecule has 1 N–H and O–H groups in total. The number of hydrogen-bond donors (Lipinski definition) is 1. The van der Waals surface area contributed by atoms with Gasteiger partial charge in [-0.05, 0) is 47.9 Å². The van der Waals surface area contributed by atoms with Gasteiger partial charge >= 0.3 is 0 Å². The molecule has 0 fully saturated rings. The molecule has 2 aromatic rings. The zero-order chi connectivity index (χ0) is 13.8. The fraction of sp³-hybridized carbons (Fsp3) is 0.200. The van der Waals surface area contributed by atoms with Crippen LogP contribution in [0.25, 0.3) is 0 Å². The Morgan fingerprint density at radius 3 is 2.63 bits per heavy atom. The van der Waals surface area contributed by atoms with Gasteiger partial charge < -0.3 is 9.84 Å². The first-order chi connectivity index (χ1) is 9.10. The summed E-state index contributed by atoms with van der Waals surface area (Å²) in [7, 11) is 0. The van der Waals surface area contributed by atoms with Crippen molar-refractivity contribution in [1.82, 2.24) is 0 Å². The molecule has 0 aliphatic carbocycles. The first-order valence-corrected chi connectivity index (χ1v) is 6.25. The van der Waals surface area contributed by atoms with Crippen LogP contribution < -0.4 is 4.74 Å². The number of rotatable bonds is 4. The Kier molecular flexibility index (Phi) is 4.40. The van der Waals surface area contributed by atoms with Crippen molar-refractivity contribution >= 4 is 11.6 Å². The average Bonchev–Trinajstić information content (AvgIpc) is 2.39. The fourth-order valence-corrected chi connectivity index (χ4v) is 1.99. The molecule has 4 heteroatoms. The molecule has 0 spiro atoms. The average molecular weight is 281 g/mol. The summed E-state index contributed by atoms with van der Waals surface area (Å²) in [6, 6.07) is 9.69. The summed E-state index contributed by atoms with van der Waals surface area (Å²) in [4.78, 5) is 0. The lowest BCUT2D eigenvalue weighted by Gasteiger charge is -2.10. The van der Waals surface area contributed by atoms with E-state index in [0.29, 0.717) is 17.4 Å². The molecule has 0 saturated carbocycles. The van der Waals surface area contributed by atoms with Crippen molar-refractivity contribution in [2.24, 2.45) is 0 Å². The van der Waals surface area contributed by atoms with Gasteiger partial charge in [0, 0.05) is 0 Å². The largest absolute Gasteiger partial charge is 0.487 e. The van der Waals surface area contributed by atoms with E-state index in [1.807, 2.05) is 6.92 Å². The predicted octanol–water partition coefficient (Wildman–Crippen LogP) is 3.86. The predicted molar refractivity (Wildman–Crippen MR) is 72.8 cm³/mol. The SMILES string of the molecule is Cc1cc(F)ccc1COc1ccc(CO)cc1Cl. The summed E-state index contributed by atoms with van der Waals surface area (Å²) in [5.74, 6) is 0.286. The van der Waals surface area contributed by atoms with Crippen LogP contribution in [0.5, 0.6) is 5.75 Å². The van der Waals surface area contributed by atoms with Crippen molar-refractivity contribution < 1.29 is 14.2 Å². The van der Waals surface area contributed by atoms with Crippen molar-refractivity contribution in [3.63, 3.8) is 0 Å². The van der Waals surface area contributed by atoms with E-state index in [4.69, 9.17) is 21.4 Å². The maximum Gasteiger partial charge on any atom is 0.138 e. The lowest BCUT2D eigenvalue weighted by atomic mass is 10.1. The van der Waals surface area contributed by atoms with Crippen molar-refractivity contribution in [2.75, 3.05) is 0 Å². The van der Waals surface area contributed by atoms with Gasteiger partial charge in [-0.1, -0.05) is 23.7 Å². The Morgan fingerprint density at radius 2 is 2.00 bits per heavy atom. The molecule has 0 bridgehead atoms. The van der Waals surface area contributed by atoms with Gasteiger partial charge in [0.1, 0.15) is 18.2 Å². The maximum atomic E-state index is 13.0. The molecule has 0 heterocycles. The van der Waals surface area contributed by atoms with Crippen LogP contribution in [0.3, 0.4) is 0 Å². The highest BCUT2D eigenvalue weighted by atomic mass is 35.5. The molecule has 0 amide bonds. The molecule has 19 heavy (non-hydrogen) atoms. The molecular formula is C15H14ClFO2. The molecule has 0 aliphatic rings. The molecule has 100 valence electrons. The van der Waals surface area contributed by atoms with Crippen LogP contribution in [-0.4, -0.2) is 5.11 Å². The Bertz CT molecular complexity index is 584. The molecule has 0 atom stereocenters. The lowest BCUT2D eigenvalue weighted by molar-refractivity contribution is 0.280. The third-order valence-corrected chi connectivity index (χ3v) is 3.16. The third-order valence-electron chi connectivity index (χ3n) is 2.87. The van der Waals surface area contributed by atoms with E-state index in [1.54, 1.807) is 24.3 Å². The number of aliphatic hydroxyl groups is 1. The summed E-state index contributed by atoms with van der Waals surface area (Å²) in [6.45, 7) is 2.10. The van der Waals surface area contributed by atoms with Crippen LogP contribution in [0.4, 0.5) is 4.39 Å². The molecule has 2 aromatic carbocycles. The molecule has 0 saturated heterocycles. The summed E-state index contributed by atoms with van der Waals surface area (Å²) in [5, 5.41) is 9.44. The topological polar surface area (TPSA) is 29.5 Å². The molecular weight excluding hydrogens is 267 g/mol. The first kappa shape index (κ1) is 13.8. The van der Waals surface area contributed by atoms with Gasteiger partial charge in [0.2, 0.25) is 0 Å². The van der Waals surface area contributed by atoms with E-state index in [-0.39, 0.29) is 12.4 Å². The zero-order valence-corrected chi connectivity index (χ0v) is 11.2. The highest BCUT2D eigenvalue weighted by Crippen LogP contribution is 2.26. The molecule has 0 aliphatic heterocycles. The van der Waals surface area contributed by atoms with Gasteiger partial charge in [-0.25, -0.2) is 4.39 Å². The van der Waals surface area contributed by atoms with Gasteiger partial charge in [0.15, 0.2) is 0 Å². The number of aryl methyl sites for hydroxylation is 1. The molecule has 2 nitrogen and oxygen atoms in total. The van der Waals surface area contributed by atoms with E-state index in [9.17, 15) is 4.39 Å². The van der Waals surface area contributed by atoms with E-state index in [2.05, 4.69) is 0 Å². The van der Waals surface area contributed by atoms with E-state index >= 15 is 0 Å². The normalized spacial score (nSPS) is 10.5. The lowest BCUT2D eigenvalue weighted by Crippen LogP contribution is -1.99. The van der Waals surface area contributed by atoms with Crippen LogP contribution in [0.1, 0.15) is 16.7 Å². The van der Waals surface area contributed by atoms with Gasteiger partial charge in [0.25, 0.3) is 0 Å². The van der Waals surface area contributed by atoms with Crippen LogP contribution in [0.2, 0.25) is 5.02 Å². The minimum atomic E-state index is -0.258. The standard InChI is InChI=1S/C15H14ClFO2/c1-10-6-13(17)4-3-12(10)9-19-15-5-2-11(8-18)7-14(15)16/h2-7,18H,8-9H2,1H3. The van der Waals surface area contributed by atoms with Crippen LogP contribution in [0, 0.1) is 12.7 Å². The third kappa shape index (κ3) is 3.46. The van der Waals surface area contributed by atoms with Crippen molar-refractivity contribution in [1.29, 1.82) is 0 Å². The fourth-order valence-electron chi connectivity index (χ4n) is 1.74. The Labute approximate surface area is 116 Å². The molecule has 2 rings (SSSR count). The summed E-state index contributed by atoms with van der Waals surface area (Å²) in [6.07, 6.45) is 0.